The molecule has 0 fully saturated rings. The zero-order valence-electron chi connectivity index (χ0n) is 16.4. The summed E-state index contributed by atoms with van der Waals surface area (Å²) in [5.74, 6) is 1.47. The fourth-order valence-electron chi connectivity index (χ4n) is 3.27. The first kappa shape index (κ1) is 18.1. The van der Waals surface area contributed by atoms with Crippen LogP contribution in [-0.2, 0) is 4.74 Å². The van der Waals surface area contributed by atoms with E-state index in [4.69, 9.17) is 14.5 Å². The van der Waals surface area contributed by atoms with Crippen molar-refractivity contribution in [3.63, 3.8) is 0 Å². The van der Waals surface area contributed by atoms with Crippen LogP contribution in [0.25, 0.3) is 27.8 Å². The molecule has 0 unspecified atom stereocenters. The first-order valence-corrected chi connectivity index (χ1v) is 9.56. The standard InChI is InChI=1S/C22H20N6O2/c1-29-10-11-30-18-6-4-17(5-7-18)25-21-22-23-8-9-28(22)14-20(26-21)15-2-3-16-13-24-27-19(16)12-15/h2-9,12-14H,10-11H2,1H3,(H,24,27)(H,25,26). The molecule has 0 spiro atoms. The van der Waals surface area contributed by atoms with Crippen molar-refractivity contribution in [1.82, 2.24) is 24.6 Å². The highest BCUT2D eigenvalue weighted by atomic mass is 16.5. The second-order valence-corrected chi connectivity index (χ2v) is 6.80. The summed E-state index contributed by atoms with van der Waals surface area (Å²) >= 11 is 0. The van der Waals surface area contributed by atoms with Crippen molar-refractivity contribution in [3.8, 4) is 17.0 Å². The van der Waals surface area contributed by atoms with Crippen LogP contribution in [0.4, 0.5) is 11.5 Å². The van der Waals surface area contributed by atoms with Gasteiger partial charge in [-0.25, -0.2) is 9.97 Å². The molecule has 3 aromatic heterocycles. The lowest BCUT2D eigenvalue weighted by molar-refractivity contribution is 0.146. The van der Waals surface area contributed by atoms with Gasteiger partial charge in [0.15, 0.2) is 11.5 Å². The summed E-state index contributed by atoms with van der Waals surface area (Å²) in [5.41, 5.74) is 4.44. The molecule has 0 saturated heterocycles. The third-order valence-corrected chi connectivity index (χ3v) is 4.79. The van der Waals surface area contributed by atoms with Gasteiger partial charge in [-0.05, 0) is 30.3 Å². The van der Waals surface area contributed by atoms with Crippen LogP contribution in [0.2, 0.25) is 0 Å². The van der Waals surface area contributed by atoms with Crippen LogP contribution in [0.5, 0.6) is 5.75 Å². The lowest BCUT2D eigenvalue weighted by Gasteiger charge is -2.11. The predicted octanol–water partition coefficient (Wildman–Crippen LogP) is 4.04. The maximum absolute atomic E-state index is 5.62. The molecule has 0 aliphatic carbocycles. The van der Waals surface area contributed by atoms with Gasteiger partial charge in [0.05, 0.1) is 24.0 Å². The summed E-state index contributed by atoms with van der Waals surface area (Å²) < 4.78 is 12.6. The van der Waals surface area contributed by atoms with Crippen molar-refractivity contribution in [1.29, 1.82) is 0 Å². The minimum atomic E-state index is 0.516. The van der Waals surface area contributed by atoms with Crippen LogP contribution in [0.1, 0.15) is 0 Å². The van der Waals surface area contributed by atoms with E-state index in [0.717, 1.165) is 39.2 Å². The van der Waals surface area contributed by atoms with E-state index in [1.807, 2.05) is 59.3 Å². The van der Waals surface area contributed by atoms with Crippen LogP contribution >= 0.6 is 0 Å². The summed E-state index contributed by atoms with van der Waals surface area (Å²) in [7, 11) is 1.65. The molecule has 8 nitrogen and oxygen atoms in total. The minimum Gasteiger partial charge on any atom is -0.491 e. The van der Waals surface area contributed by atoms with E-state index in [9.17, 15) is 0 Å². The number of methoxy groups -OCH3 is 1. The summed E-state index contributed by atoms with van der Waals surface area (Å²) in [6.45, 7) is 1.07. The Bertz CT molecular complexity index is 1290. The number of aromatic amines is 1. The molecule has 0 saturated carbocycles. The van der Waals surface area contributed by atoms with Gasteiger partial charge < -0.3 is 19.2 Å². The Balaban J connectivity index is 1.46. The summed E-state index contributed by atoms with van der Waals surface area (Å²) in [4.78, 5) is 9.28. The Morgan fingerprint density at radius 2 is 2.00 bits per heavy atom. The van der Waals surface area contributed by atoms with E-state index in [2.05, 4.69) is 20.5 Å². The quantitative estimate of drug-likeness (QED) is 0.401. The smallest absolute Gasteiger partial charge is 0.180 e. The van der Waals surface area contributed by atoms with Gasteiger partial charge in [0, 0.05) is 42.3 Å². The number of hydrogen-bond acceptors (Lipinski definition) is 6. The monoisotopic (exact) mass is 400 g/mol. The van der Waals surface area contributed by atoms with Gasteiger partial charge >= 0.3 is 0 Å². The minimum absolute atomic E-state index is 0.516. The number of ether oxygens (including phenoxy) is 2. The molecule has 2 N–H and O–H groups in total. The number of nitrogens with zero attached hydrogens (tertiary/aromatic N) is 4. The zero-order chi connectivity index (χ0) is 20.3. The van der Waals surface area contributed by atoms with Gasteiger partial charge in [-0.1, -0.05) is 12.1 Å². The van der Waals surface area contributed by atoms with Gasteiger partial charge in [-0.15, -0.1) is 0 Å². The maximum Gasteiger partial charge on any atom is 0.180 e. The van der Waals surface area contributed by atoms with E-state index in [-0.39, 0.29) is 0 Å². The van der Waals surface area contributed by atoms with E-state index in [1.165, 1.54) is 0 Å². The third-order valence-electron chi connectivity index (χ3n) is 4.79. The lowest BCUT2D eigenvalue weighted by atomic mass is 10.1. The van der Waals surface area contributed by atoms with Crippen molar-refractivity contribution in [2.24, 2.45) is 0 Å². The molecule has 0 aliphatic rings. The summed E-state index contributed by atoms with van der Waals surface area (Å²) in [5, 5.41) is 11.5. The van der Waals surface area contributed by atoms with Crippen LogP contribution in [0, 0.1) is 0 Å². The van der Waals surface area contributed by atoms with Crippen LogP contribution in [0.3, 0.4) is 0 Å². The number of imidazole rings is 1. The van der Waals surface area contributed by atoms with Crippen LogP contribution < -0.4 is 10.1 Å². The van der Waals surface area contributed by atoms with Crippen LogP contribution in [-0.4, -0.2) is 44.9 Å². The summed E-state index contributed by atoms with van der Waals surface area (Å²) in [6.07, 6.45) is 7.45. The molecule has 0 amide bonds. The van der Waals surface area contributed by atoms with Crippen molar-refractivity contribution in [2.45, 2.75) is 0 Å². The molecule has 2 aromatic carbocycles. The SMILES string of the molecule is COCCOc1ccc(Nc2nc(-c3ccc4cn[nH]c4c3)cn3ccnc23)cc1. The largest absolute Gasteiger partial charge is 0.491 e. The van der Waals surface area contributed by atoms with Gasteiger partial charge in [0.25, 0.3) is 0 Å². The average molecular weight is 400 g/mol. The Hall–Kier alpha value is -3.91. The van der Waals surface area contributed by atoms with E-state index < -0.39 is 0 Å². The molecule has 3 heterocycles. The van der Waals surface area contributed by atoms with E-state index in [0.29, 0.717) is 19.0 Å². The van der Waals surface area contributed by atoms with Gasteiger partial charge in [0.2, 0.25) is 0 Å². The molecule has 8 heteroatoms. The molecule has 5 rings (SSSR count). The fourth-order valence-corrected chi connectivity index (χ4v) is 3.27. The highest BCUT2D eigenvalue weighted by molar-refractivity contribution is 5.83. The van der Waals surface area contributed by atoms with Gasteiger partial charge in [-0.3, -0.25) is 5.10 Å². The first-order chi connectivity index (χ1) is 14.8. The topological polar surface area (TPSA) is 89.4 Å². The number of hydrogen-bond donors (Lipinski definition) is 2. The molecule has 30 heavy (non-hydrogen) atoms. The molecule has 5 aromatic rings. The molecular formula is C22H20N6O2. The number of H-pyrrole nitrogens is 1. The Labute approximate surface area is 172 Å². The highest BCUT2D eigenvalue weighted by Gasteiger charge is 2.11. The van der Waals surface area contributed by atoms with Crippen molar-refractivity contribution in [3.05, 3.63) is 67.3 Å². The number of rotatable bonds is 7. The maximum atomic E-state index is 5.62. The van der Waals surface area contributed by atoms with Crippen LogP contribution in [0.15, 0.2) is 67.3 Å². The molecular weight excluding hydrogens is 380 g/mol. The number of nitrogens with one attached hydrogen (secondary N) is 2. The average Bonchev–Trinajstić information content (AvgIpc) is 3.44. The first-order valence-electron chi connectivity index (χ1n) is 9.56. The number of aromatic nitrogens is 5. The van der Waals surface area contributed by atoms with E-state index >= 15 is 0 Å². The van der Waals surface area contributed by atoms with Crippen molar-refractivity contribution >= 4 is 28.1 Å². The molecule has 0 radical (unpaired) electrons. The molecule has 0 aliphatic heterocycles. The van der Waals surface area contributed by atoms with Crippen molar-refractivity contribution in [2.75, 3.05) is 25.6 Å². The Morgan fingerprint density at radius 1 is 1.10 bits per heavy atom. The second-order valence-electron chi connectivity index (χ2n) is 6.80. The number of benzene rings is 2. The fraction of sp³-hybridized carbons (Fsp3) is 0.136. The molecule has 0 atom stereocenters. The molecule has 150 valence electrons. The van der Waals surface area contributed by atoms with E-state index in [1.54, 1.807) is 19.5 Å². The van der Waals surface area contributed by atoms with Gasteiger partial charge in [0.1, 0.15) is 12.4 Å². The normalized spacial score (nSPS) is 11.2. The Morgan fingerprint density at radius 3 is 2.87 bits per heavy atom. The number of anilines is 2. The van der Waals surface area contributed by atoms with Gasteiger partial charge in [-0.2, -0.15) is 5.10 Å². The number of fused-ring (bicyclic) bond motifs is 2. The Kier molecular flexibility index (Phi) is 4.74. The highest BCUT2D eigenvalue weighted by Crippen LogP contribution is 2.27. The molecule has 0 bridgehead atoms. The third kappa shape index (κ3) is 3.56. The van der Waals surface area contributed by atoms with Crippen molar-refractivity contribution < 1.29 is 9.47 Å². The predicted molar refractivity (Wildman–Crippen MR) is 115 cm³/mol. The summed E-state index contributed by atoms with van der Waals surface area (Å²) in [6, 6.07) is 13.8. The lowest BCUT2D eigenvalue weighted by Crippen LogP contribution is -2.04. The zero-order valence-corrected chi connectivity index (χ0v) is 16.4. The second kappa shape index (κ2) is 7.84.